The lowest BCUT2D eigenvalue weighted by atomic mass is 10.0. The van der Waals surface area contributed by atoms with Crippen LogP contribution in [-0.4, -0.2) is 59.1 Å². The second-order valence-corrected chi connectivity index (χ2v) is 8.41. The molecule has 0 radical (unpaired) electrons. The number of amides is 4. The monoisotopic (exact) mass is 433 g/mol. The van der Waals surface area contributed by atoms with Gasteiger partial charge < -0.3 is 10.2 Å². The molecule has 2 aromatic carbocycles. The third-order valence-electron chi connectivity index (χ3n) is 6.15. The predicted octanol–water partition coefficient (Wildman–Crippen LogP) is 2.79. The summed E-state index contributed by atoms with van der Waals surface area (Å²) in [5.74, 6) is -0.646. The Morgan fingerprint density at radius 3 is 2.12 bits per heavy atom. The third kappa shape index (κ3) is 4.56. The minimum Gasteiger partial charge on any atom is -0.349 e. The first kappa shape index (κ1) is 21.7. The number of aryl methyl sites for hydroxylation is 1. The summed E-state index contributed by atoms with van der Waals surface area (Å²) in [5.41, 5.74) is 2.61. The SMILES string of the molecule is Cc1ccc(C(=O)NC2CCN(C(=O)CCCN3C(=O)c4ccccc4C3=O)CC2)cc1. The van der Waals surface area contributed by atoms with Crippen molar-refractivity contribution in [2.75, 3.05) is 19.6 Å². The highest BCUT2D eigenvalue weighted by Gasteiger charge is 2.34. The van der Waals surface area contributed by atoms with E-state index in [4.69, 9.17) is 0 Å². The molecule has 0 spiro atoms. The second-order valence-electron chi connectivity index (χ2n) is 8.41. The molecule has 7 nitrogen and oxygen atoms in total. The number of nitrogens with one attached hydrogen (secondary N) is 1. The standard InChI is InChI=1S/C25H27N3O4/c1-17-8-10-18(11-9-17)23(30)26-19-12-15-27(16-13-19)22(29)7-4-14-28-24(31)20-5-2-3-6-21(20)25(28)32/h2-3,5-6,8-11,19H,4,7,12-16H2,1H3,(H,26,30). The molecule has 2 aromatic rings. The van der Waals surface area contributed by atoms with E-state index in [1.165, 1.54) is 4.90 Å². The molecule has 1 N–H and O–H groups in total. The van der Waals surface area contributed by atoms with E-state index in [0.717, 1.165) is 5.56 Å². The molecule has 0 aromatic heterocycles. The maximum atomic E-state index is 12.6. The number of hydrogen-bond acceptors (Lipinski definition) is 4. The quantitative estimate of drug-likeness (QED) is 0.710. The summed E-state index contributed by atoms with van der Waals surface area (Å²) in [4.78, 5) is 52.8. The maximum absolute atomic E-state index is 12.6. The van der Waals surface area contributed by atoms with Crippen molar-refractivity contribution in [3.05, 3.63) is 70.8 Å². The van der Waals surface area contributed by atoms with Gasteiger partial charge in [-0.15, -0.1) is 0 Å². The minimum atomic E-state index is -0.289. The van der Waals surface area contributed by atoms with E-state index in [0.29, 0.717) is 49.0 Å². The summed E-state index contributed by atoms with van der Waals surface area (Å²) in [7, 11) is 0. The number of carbonyl (C=O) groups is 4. The first-order valence-electron chi connectivity index (χ1n) is 11.0. The molecule has 0 atom stereocenters. The number of rotatable bonds is 6. The second kappa shape index (κ2) is 9.34. The molecule has 0 bridgehead atoms. The first-order valence-corrected chi connectivity index (χ1v) is 11.0. The molecule has 1 saturated heterocycles. The zero-order valence-electron chi connectivity index (χ0n) is 18.2. The van der Waals surface area contributed by atoms with Crippen molar-refractivity contribution in [3.63, 3.8) is 0 Å². The van der Waals surface area contributed by atoms with Crippen LogP contribution in [0.4, 0.5) is 0 Å². The Balaban J connectivity index is 1.20. The molecule has 166 valence electrons. The van der Waals surface area contributed by atoms with Gasteiger partial charge in [0.15, 0.2) is 0 Å². The Bertz CT molecular complexity index is 1000. The first-order chi connectivity index (χ1) is 15.4. The van der Waals surface area contributed by atoms with Gasteiger partial charge in [0.25, 0.3) is 17.7 Å². The molecule has 7 heteroatoms. The van der Waals surface area contributed by atoms with Gasteiger partial charge in [-0.2, -0.15) is 0 Å². The Labute approximate surface area is 187 Å². The van der Waals surface area contributed by atoms with Gasteiger partial charge in [0.1, 0.15) is 0 Å². The molecule has 0 aliphatic carbocycles. The zero-order chi connectivity index (χ0) is 22.7. The molecule has 0 unspecified atom stereocenters. The lowest BCUT2D eigenvalue weighted by Gasteiger charge is -2.32. The van der Waals surface area contributed by atoms with Crippen molar-refractivity contribution in [1.29, 1.82) is 0 Å². The largest absolute Gasteiger partial charge is 0.349 e. The van der Waals surface area contributed by atoms with Gasteiger partial charge in [0.2, 0.25) is 5.91 Å². The molecule has 2 aliphatic heterocycles. The van der Waals surface area contributed by atoms with Crippen LogP contribution >= 0.6 is 0 Å². The number of piperidine rings is 1. The molecular formula is C25H27N3O4. The van der Waals surface area contributed by atoms with Gasteiger partial charge in [0, 0.05) is 37.7 Å². The predicted molar refractivity (Wildman–Crippen MR) is 119 cm³/mol. The van der Waals surface area contributed by atoms with E-state index in [-0.39, 0.29) is 42.6 Å². The number of likely N-dealkylation sites (tertiary alicyclic amines) is 1. The molecule has 0 saturated carbocycles. The highest BCUT2D eigenvalue weighted by Crippen LogP contribution is 2.23. The third-order valence-corrected chi connectivity index (χ3v) is 6.15. The number of carbonyl (C=O) groups excluding carboxylic acids is 4. The summed E-state index contributed by atoms with van der Waals surface area (Å²) < 4.78 is 0. The van der Waals surface area contributed by atoms with Gasteiger partial charge in [-0.1, -0.05) is 29.8 Å². The van der Waals surface area contributed by atoms with E-state index in [1.807, 2.05) is 31.2 Å². The summed E-state index contributed by atoms with van der Waals surface area (Å²) in [5, 5.41) is 3.05. The highest BCUT2D eigenvalue weighted by molar-refractivity contribution is 6.21. The summed E-state index contributed by atoms with van der Waals surface area (Å²) >= 11 is 0. The van der Waals surface area contributed by atoms with Crippen LogP contribution in [0.1, 0.15) is 62.3 Å². The smallest absolute Gasteiger partial charge is 0.261 e. The minimum absolute atomic E-state index is 0.0184. The summed E-state index contributed by atoms with van der Waals surface area (Å²) in [6.07, 6.45) is 2.14. The van der Waals surface area contributed by atoms with Crippen molar-refractivity contribution < 1.29 is 19.2 Å². The topological polar surface area (TPSA) is 86.8 Å². The van der Waals surface area contributed by atoms with Crippen molar-refractivity contribution in [2.45, 2.75) is 38.6 Å². The van der Waals surface area contributed by atoms with Gasteiger partial charge in [-0.05, 0) is 50.5 Å². The van der Waals surface area contributed by atoms with Gasteiger partial charge in [-0.3, -0.25) is 24.1 Å². The average molecular weight is 434 g/mol. The van der Waals surface area contributed by atoms with Crippen LogP contribution in [0.3, 0.4) is 0 Å². The van der Waals surface area contributed by atoms with E-state index >= 15 is 0 Å². The van der Waals surface area contributed by atoms with Crippen molar-refractivity contribution in [3.8, 4) is 0 Å². The van der Waals surface area contributed by atoms with Crippen LogP contribution in [0.25, 0.3) is 0 Å². The normalized spacial score (nSPS) is 16.3. The molecule has 4 rings (SSSR count). The van der Waals surface area contributed by atoms with E-state index < -0.39 is 0 Å². The molecular weight excluding hydrogens is 406 g/mol. The molecule has 32 heavy (non-hydrogen) atoms. The van der Waals surface area contributed by atoms with E-state index in [1.54, 1.807) is 29.2 Å². The Morgan fingerprint density at radius 1 is 0.938 bits per heavy atom. The van der Waals surface area contributed by atoms with Crippen LogP contribution in [0.5, 0.6) is 0 Å². The lowest BCUT2D eigenvalue weighted by molar-refractivity contribution is -0.132. The fraction of sp³-hybridized carbons (Fsp3) is 0.360. The molecule has 1 fully saturated rings. The Kier molecular flexibility index (Phi) is 6.35. The molecule has 2 heterocycles. The fourth-order valence-electron chi connectivity index (χ4n) is 4.24. The van der Waals surface area contributed by atoms with Gasteiger partial charge >= 0.3 is 0 Å². The van der Waals surface area contributed by atoms with Crippen LogP contribution in [0.2, 0.25) is 0 Å². The maximum Gasteiger partial charge on any atom is 0.261 e. The average Bonchev–Trinajstić information content (AvgIpc) is 3.05. The summed E-state index contributed by atoms with van der Waals surface area (Å²) in [6.45, 7) is 3.39. The zero-order valence-corrected chi connectivity index (χ0v) is 18.2. The van der Waals surface area contributed by atoms with E-state index in [9.17, 15) is 19.2 Å². The lowest BCUT2D eigenvalue weighted by Crippen LogP contribution is -2.46. The van der Waals surface area contributed by atoms with Crippen LogP contribution in [-0.2, 0) is 4.79 Å². The number of hydrogen-bond donors (Lipinski definition) is 1. The van der Waals surface area contributed by atoms with Crippen LogP contribution in [0.15, 0.2) is 48.5 Å². The van der Waals surface area contributed by atoms with Crippen molar-refractivity contribution in [2.24, 2.45) is 0 Å². The van der Waals surface area contributed by atoms with Gasteiger partial charge in [0.05, 0.1) is 11.1 Å². The van der Waals surface area contributed by atoms with Crippen molar-refractivity contribution in [1.82, 2.24) is 15.1 Å². The Morgan fingerprint density at radius 2 is 1.53 bits per heavy atom. The highest BCUT2D eigenvalue weighted by atomic mass is 16.2. The fourth-order valence-corrected chi connectivity index (χ4v) is 4.24. The summed E-state index contributed by atoms with van der Waals surface area (Å²) in [6, 6.07) is 14.3. The van der Waals surface area contributed by atoms with Crippen LogP contribution in [0, 0.1) is 6.92 Å². The number of nitrogens with zero attached hydrogens (tertiary/aromatic N) is 2. The number of benzene rings is 2. The van der Waals surface area contributed by atoms with Gasteiger partial charge in [-0.25, -0.2) is 0 Å². The molecule has 2 aliphatic rings. The van der Waals surface area contributed by atoms with E-state index in [2.05, 4.69) is 5.32 Å². The number of fused-ring (bicyclic) bond motifs is 1. The Hall–Kier alpha value is -3.48. The number of imide groups is 1. The van der Waals surface area contributed by atoms with Crippen molar-refractivity contribution >= 4 is 23.6 Å². The molecule has 4 amide bonds. The van der Waals surface area contributed by atoms with Crippen LogP contribution < -0.4 is 5.32 Å².